The van der Waals surface area contributed by atoms with Crippen LogP contribution >= 0.6 is 0 Å². The average Bonchev–Trinajstić information content (AvgIpc) is 2.98. The quantitative estimate of drug-likeness (QED) is 0.779. The molecule has 3 rings (SSSR count). The summed E-state index contributed by atoms with van der Waals surface area (Å²) in [7, 11) is 0. The van der Waals surface area contributed by atoms with Gasteiger partial charge in [0.2, 0.25) is 5.91 Å². The predicted octanol–water partition coefficient (Wildman–Crippen LogP) is 3.43. The highest BCUT2D eigenvalue weighted by Crippen LogP contribution is 2.18. The Morgan fingerprint density at radius 1 is 1.12 bits per heavy atom. The number of carbonyl (C=O) groups excluding carboxylic acids is 1. The Balaban J connectivity index is 1.79. The van der Waals surface area contributed by atoms with E-state index in [2.05, 4.69) is 10.2 Å². The second-order valence-corrected chi connectivity index (χ2v) is 5.50. The predicted molar refractivity (Wildman–Crippen MR) is 87.2 cm³/mol. The molecular formula is C18H17F2N3O. The van der Waals surface area contributed by atoms with Gasteiger partial charge in [0.1, 0.15) is 11.6 Å². The van der Waals surface area contributed by atoms with Crippen molar-refractivity contribution >= 4 is 16.8 Å². The monoisotopic (exact) mass is 329 g/mol. The van der Waals surface area contributed by atoms with Gasteiger partial charge in [-0.3, -0.25) is 9.89 Å². The Bertz CT molecular complexity index is 855. The zero-order valence-electron chi connectivity index (χ0n) is 13.2. The maximum absolute atomic E-state index is 13.8. The van der Waals surface area contributed by atoms with Gasteiger partial charge in [0, 0.05) is 17.5 Å². The molecule has 0 aliphatic carbocycles. The lowest BCUT2D eigenvalue weighted by Gasteiger charge is -2.21. The fourth-order valence-electron chi connectivity index (χ4n) is 2.66. The number of benzene rings is 2. The largest absolute Gasteiger partial charge is 0.338 e. The number of amides is 1. The van der Waals surface area contributed by atoms with E-state index in [0.717, 1.165) is 10.9 Å². The summed E-state index contributed by atoms with van der Waals surface area (Å²) in [6.45, 7) is 2.04. The Morgan fingerprint density at radius 3 is 2.54 bits per heavy atom. The second-order valence-electron chi connectivity index (χ2n) is 5.50. The van der Waals surface area contributed by atoms with E-state index >= 15 is 0 Å². The summed E-state index contributed by atoms with van der Waals surface area (Å²) in [5.41, 5.74) is 1.38. The summed E-state index contributed by atoms with van der Waals surface area (Å²) < 4.78 is 27.6. The molecule has 0 radical (unpaired) electrons. The number of likely N-dealkylation sites (N-methyl/N-ethyl adjacent to an activating group) is 1. The summed E-state index contributed by atoms with van der Waals surface area (Å²) in [4.78, 5) is 14.0. The van der Waals surface area contributed by atoms with Gasteiger partial charge in [0.05, 0.1) is 24.2 Å². The smallest absolute Gasteiger partial charge is 0.228 e. The topological polar surface area (TPSA) is 49.0 Å². The van der Waals surface area contributed by atoms with E-state index in [0.29, 0.717) is 12.2 Å². The van der Waals surface area contributed by atoms with Crippen molar-refractivity contribution in [1.29, 1.82) is 0 Å². The summed E-state index contributed by atoms with van der Waals surface area (Å²) >= 11 is 0. The van der Waals surface area contributed by atoms with Gasteiger partial charge in [-0.2, -0.15) is 5.10 Å². The van der Waals surface area contributed by atoms with Crippen molar-refractivity contribution in [3.63, 3.8) is 0 Å². The Morgan fingerprint density at radius 2 is 1.83 bits per heavy atom. The molecular weight excluding hydrogens is 312 g/mol. The number of aromatic nitrogens is 2. The molecule has 4 nitrogen and oxygen atoms in total. The molecule has 1 amide bonds. The number of hydrogen-bond donors (Lipinski definition) is 1. The van der Waals surface area contributed by atoms with Crippen LogP contribution in [0.25, 0.3) is 10.9 Å². The number of nitrogens with one attached hydrogen (secondary N) is 1. The molecule has 0 aliphatic rings. The number of para-hydroxylation sites is 1. The van der Waals surface area contributed by atoms with Crippen LogP contribution in [0.4, 0.5) is 8.78 Å². The van der Waals surface area contributed by atoms with Crippen molar-refractivity contribution in [2.24, 2.45) is 0 Å². The zero-order valence-corrected chi connectivity index (χ0v) is 13.2. The lowest BCUT2D eigenvalue weighted by atomic mass is 10.1. The first-order valence-corrected chi connectivity index (χ1v) is 7.72. The molecule has 0 saturated heterocycles. The number of carbonyl (C=O) groups is 1. The van der Waals surface area contributed by atoms with Gasteiger partial charge in [0.25, 0.3) is 0 Å². The second kappa shape index (κ2) is 6.78. The first-order chi connectivity index (χ1) is 11.6. The zero-order chi connectivity index (χ0) is 17.1. The number of rotatable bonds is 5. The molecule has 3 aromatic rings. The molecule has 6 heteroatoms. The first-order valence-electron chi connectivity index (χ1n) is 7.72. The van der Waals surface area contributed by atoms with E-state index in [1.807, 2.05) is 24.3 Å². The van der Waals surface area contributed by atoms with Crippen LogP contribution in [0.5, 0.6) is 0 Å². The van der Waals surface area contributed by atoms with Crippen molar-refractivity contribution in [3.05, 3.63) is 65.4 Å². The van der Waals surface area contributed by atoms with Gasteiger partial charge < -0.3 is 4.90 Å². The summed E-state index contributed by atoms with van der Waals surface area (Å²) in [6.07, 6.45) is 0.102. The Hall–Kier alpha value is -2.76. The number of halogens is 2. The fraction of sp³-hybridized carbons (Fsp3) is 0.222. The number of nitrogens with zero attached hydrogens (tertiary/aromatic N) is 2. The van der Waals surface area contributed by atoms with Crippen molar-refractivity contribution in [3.8, 4) is 0 Å². The first kappa shape index (κ1) is 16.1. The van der Waals surface area contributed by atoms with Gasteiger partial charge in [-0.25, -0.2) is 8.78 Å². The molecule has 24 heavy (non-hydrogen) atoms. The summed E-state index contributed by atoms with van der Waals surface area (Å²) in [5.74, 6) is -1.50. The Labute approximate surface area is 138 Å². The Kier molecular flexibility index (Phi) is 4.55. The summed E-state index contributed by atoms with van der Waals surface area (Å²) in [6, 6.07) is 11.2. The van der Waals surface area contributed by atoms with E-state index in [4.69, 9.17) is 0 Å². The van der Waals surface area contributed by atoms with Crippen LogP contribution in [0.3, 0.4) is 0 Å². The van der Waals surface area contributed by atoms with Crippen LogP contribution in [-0.4, -0.2) is 27.5 Å². The van der Waals surface area contributed by atoms with Gasteiger partial charge in [-0.15, -0.1) is 0 Å². The van der Waals surface area contributed by atoms with E-state index in [9.17, 15) is 13.6 Å². The highest BCUT2D eigenvalue weighted by Gasteiger charge is 2.19. The number of aromatic amines is 1. The molecule has 124 valence electrons. The summed E-state index contributed by atoms with van der Waals surface area (Å²) in [5, 5.41) is 7.89. The molecule has 0 unspecified atom stereocenters. The molecule has 1 N–H and O–H groups in total. The van der Waals surface area contributed by atoms with Crippen molar-refractivity contribution in [2.45, 2.75) is 19.9 Å². The highest BCUT2D eigenvalue weighted by atomic mass is 19.1. The standard InChI is InChI=1S/C18H17F2N3O/c1-2-23(11-13-14(19)7-5-8-15(13)20)18(24)10-17-12-6-3-4-9-16(12)21-22-17/h3-9H,2,10-11H2,1H3,(H,21,22). The average molecular weight is 329 g/mol. The maximum atomic E-state index is 13.8. The van der Waals surface area contributed by atoms with Crippen molar-refractivity contribution in [2.75, 3.05) is 6.54 Å². The van der Waals surface area contributed by atoms with E-state index < -0.39 is 11.6 Å². The van der Waals surface area contributed by atoms with Crippen LogP contribution in [0, 0.1) is 11.6 Å². The van der Waals surface area contributed by atoms with E-state index in [-0.39, 0.29) is 24.4 Å². The van der Waals surface area contributed by atoms with Crippen LogP contribution in [0.1, 0.15) is 18.2 Å². The van der Waals surface area contributed by atoms with Gasteiger partial charge >= 0.3 is 0 Å². The van der Waals surface area contributed by atoms with Crippen LogP contribution in [0.2, 0.25) is 0 Å². The molecule has 0 spiro atoms. The third kappa shape index (κ3) is 3.13. The minimum atomic E-state index is -0.645. The number of H-pyrrole nitrogens is 1. The van der Waals surface area contributed by atoms with Crippen molar-refractivity contribution in [1.82, 2.24) is 15.1 Å². The van der Waals surface area contributed by atoms with E-state index in [1.54, 1.807) is 6.92 Å². The fourth-order valence-corrected chi connectivity index (χ4v) is 2.66. The molecule has 2 aromatic carbocycles. The molecule has 1 heterocycles. The lowest BCUT2D eigenvalue weighted by Crippen LogP contribution is -2.32. The van der Waals surface area contributed by atoms with E-state index in [1.165, 1.54) is 23.1 Å². The minimum absolute atomic E-state index is 0.0952. The molecule has 0 aliphatic heterocycles. The molecule has 0 bridgehead atoms. The van der Waals surface area contributed by atoms with Gasteiger partial charge in [0.15, 0.2) is 0 Å². The molecule has 0 atom stereocenters. The molecule has 1 aromatic heterocycles. The number of fused-ring (bicyclic) bond motifs is 1. The normalized spacial score (nSPS) is 11.0. The third-order valence-electron chi connectivity index (χ3n) is 4.01. The minimum Gasteiger partial charge on any atom is -0.338 e. The van der Waals surface area contributed by atoms with Gasteiger partial charge in [-0.05, 0) is 25.1 Å². The number of hydrogen-bond acceptors (Lipinski definition) is 2. The SMILES string of the molecule is CCN(Cc1c(F)cccc1F)C(=O)Cc1[nH]nc2ccccc12. The molecule has 0 fully saturated rings. The van der Waals surface area contributed by atoms with Crippen LogP contribution < -0.4 is 0 Å². The van der Waals surface area contributed by atoms with Gasteiger partial charge in [-0.1, -0.05) is 24.3 Å². The third-order valence-corrected chi connectivity index (χ3v) is 4.01. The maximum Gasteiger partial charge on any atom is 0.228 e. The lowest BCUT2D eigenvalue weighted by molar-refractivity contribution is -0.131. The van der Waals surface area contributed by atoms with Crippen LogP contribution in [-0.2, 0) is 17.8 Å². The van der Waals surface area contributed by atoms with Crippen LogP contribution in [0.15, 0.2) is 42.5 Å². The molecule has 0 saturated carbocycles. The van der Waals surface area contributed by atoms with Crippen molar-refractivity contribution < 1.29 is 13.6 Å². The highest BCUT2D eigenvalue weighted by molar-refractivity contribution is 5.87.